The Morgan fingerprint density at radius 2 is 1.88 bits per heavy atom. The summed E-state index contributed by atoms with van der Waals surface area (Å²) < 4.78 is 0. The molecular weight excluding hydrogens is 318 g/mol. The molecule has 0 N–H and O–H groups in total. The highest BCUT2D eigenvalue weighted by atomic mass is 16.2. The number of nitriles is 1. The molecule has 0 saturated heterocycles. The summed E-state index contributed by atoms with van der Waals surface area (Å²) in [5.41, 5.74) is 1.72. The number of amides is 2. The van der Waals surface area contributed by atoms with E-state index in [-0.39, 0.29) is 11.1 Å². The van der Waals surface area contributed by atoms with Crippen LogP contribution in [0.4, 0.5) is 0 Å². The molecule has 2 atom stereocenters. The van der Waals surface area contributed by atoms with Crippen LogP contribution >= 0.6 is 0 Å². The van der Waals surface area contributed by atoms with Gasteiger partial charge in [0.25, 0.3) is 11.8 Å². The Balaban J connectivity index is 1.92. The fourth-order valence-electron chi connectivity index (χ4n) is 2.92. The predicted octanol–water partition coefficient (Wildman–Crippen LogP) is 2.25. The van der Waals surface area contributed by atoms with Gasteiger partial charge in [0.1, 0.15) is 5.92 Å². The second-order valence-electron chi connectivity index (χ2n) is 5.92. The van der Waals surface area contributed by atoms with E-state index in [0.29, 0.717) is 5.69 Å². The molecule has 0 fully saturated rings. The van der Waals surface area contributed by atoms with Crippen LogP contribution in [0.2, 0.25) is 0 Å². The van der Waals surface area contributed by atoms with Gasteiger partial charge in [-0.2, -0.15) is 5.26 Å². The number of benzene rings is 1. The zero-order chi connectivity index (χ0) is 18.1. The summed E-state index contributed by atoms with van der Waals surface area (Å²) in [6, 6.07) is 10.8. The lowest BCUT2D eigenvalue weighted by Gasteiger charge is -2.23. The Hall–Kier alpha value is -3.33. The molecule has 0 unspecified atom stereocenters. The molecular formula is C19H15N3O3. The van der Waals surface area contributed by atoms with Crippen molar-refractivity contribution in [3.63, 3.8) is 0 Å². The van der Waals surface area contributed by atoms with Crippen LogP contribution in [0.3, 0.4) is 0 Å². The van der Waals surface area contributed by atoms with E-state index in [1.54, 1.807) is 36.4 Å². The van der Waals surface area contributed by atoms with Crippen molar-refractivity contribution >= 4 is 17.6 Å². The van der Waals surface area contributed by atoms with Crippen LogP contribution in [0.15, 0.2) is 42.6 Å². The molecule has 0 spiro atoms. The lowest BCUT2D eigenvalue weighted by Crippen LogP contribution is -2.44. The lowest BCUT2D eigenvalue weighted by atomic mass is 9.95. The van der Waals surface area contributed by atoms with Crippen LogP contribution < -0.4 is 0 Å². The van der Waals surface area contributed by atoms with Gasteiger partial charge < -0.3 is 0 Å². The van der Waals surface area contributed by atoms with Gasteiger partial charge in [0, 0.05) is 6.20 Å². The zero-order valence-electron chi connectivity index (χ0n) is 13.8. The number of ketones is 1. The van der Waals surface area contributed by atoms with E-state index in [2.05, 4.69) is 4.98 Å². The highest BCUT2D eigenvalue weighted by Crippen LogP contribution is 2.28. The van der Waals surface area contributed by atoms with Gasteiger partial charge in [0.2, 0.25) is 0 Å². The van der Waals surface area contributed by atoms with Crippen molar-refractivity contribution in [3.8, 4) is 6.07 Å². The van der Waals surface area contributed by atoms with Crippen LogP contribution in [-0.4, -0.2) is 33.5 Å². The molecule has 25 heavy (non-hydrogen) atoms. The number of nitrogens with zero attached hydrogens (tertiary/aromatic N) is 3. The first-order valence-electron chi connectivity index (χ1n) is 7.78. The normalized spacial score (nSPS) is 15.5. The molecule has 1 aliphatic heterocycles. The quantitative estimate of drug-likeness (QED) is 0.800. The number of pyridine rings is 1. The highest BCUT2D eigenvalue weighted by molar-refractivity contribution is 6.23. The van der Waals surface area contributed by atoms with E-state index in [4.69, 9.17) is 0 Å². The highest BCUT2D eigenvalue weighted by Gasteiger charge is 2.42. The number of carbonyl (C=O) groups is 3. The molecule has 3 rings (SSSR count). The van der Waals surface area contributed by atoms with Crippen molar-refractivity contribution in [1.29, 1.82) is 5.26 Å². The van der Waals surface area contributed by atoms with Gasteiger partial charge in [-0.15, -0.1) is 0 Å². The van der Waals surface area contributed by atoms with Crippen molar-refractivity contribution in [1.82, 2.24) is 9.88 Å². The standard InChI is InChI=1S/C19H15N3O3/c1-11-6-7-13-14(9-11)19(25)22(18(13)24)12(2)17(23)15(10-20)16-5-3-4-8-21-16/h3-9,12,15H,1-2H3/t12-,15-/m0/s1. The summed E-state index contributed by atoms with van der Waals surface area (Å²) in [5.74, 6) is -2.70. The largest absolute Gasteiger partial charge is 0.295 e. The Morgan fingerprint density at radius 1 is 1.16 bits per heavy atom. The summed E-state index contributed by atoms with van der Waals surface area (Å²) in [4.78, 5) is 42.9. The smallest absolute Gasteiger partial charge is 0.262 e. The molecule has 1 aromatic heterocycles. The second-order valence-corrected chi connectivity index (χ2v) is 5.92. The average Bonchev–Trinajstić information content (AvgIpc) is 2.86. The van der Waals surface area contributed by atoms with Crippen LogP contribution in [0.25, 0.3) is 0 Å². The number of rotatable bonds is 4. The maximum atomic E-state index is 12.8. The summed E-state index contributed by atoms with van der Waals surface area (Å²) in [6.45, 7) is 3.28. The number of aromatic nitrogens is 1. The molecule has 6 nitrogen and oxygen atoms in total. The van der Waals surface area contributed by atoms with E-state index in [1.807, 2.05) is 13.0 Å². The number of fused-ring (bicyclic) bond motifs is 1. The number of carbonyl (C=O) groups excluding carboxylic acids is 3. The van der Waals surface area contributed by atoms with Crippen LogP contribution in [-0.2, 0) is 4.79 Å². The summed E-state index contributed by atoms with van der Waals surface area (Å²) in [6.07, 6.45) is 1.49. The SMILES string of the molecule is Cc1ccc2c(c1)C(=O)N([C@@H](C)C(=O)[C@@H](C#N)c1ccccn1)C2=O. The molecule has 2 heterocycles. The third-order valence-corrected chi connectivity index (χ3v) is 4.27. The van der Waals surface area contributed by atoms with Gasteiger partial charge in [-0.05, 0) is 38.1 Å². The minimum Gasteiger partial charge on any atom is -0.295 e. The first-order valence-corrected chi connectivity index (χ1v) is 7.78. The third-order valence-electron chi connectivity index (χ3n) is 4.27. The first kappa shape index (κ1) is 16.5. The first-order chi connectivity index (χ1) is 12.0. The molecule has 1 aliphatic rings. The fourth-order valence-corrected chi connectivity index (χ4v) is 2.92. The molecule has 0 radical (unpaired) electrons. The molecule has 124 valence electrons. The van der Waals surface area contributed by atoms with Crippen molar-refractivity contribution in [3.05, 3.63) is 65.0 Å². The van der Waals surface area contributed by atoms with Gasteiger partial charge in [-0.3, -0.25) is 24.3 Å². The zero-order valence-corrected chi connectivity index (χ0v) is 13.8. The van der Waals surface area contributed by atoms with Crippen LogP contribution in [0.1, 0.15) is 44.8 Å². The number of hydrogen-bond acceptors (Lipinski definition) is 5. The molecule has 0 aliphatic carbocycles. The fraction of sp³-hybridized carbons (Fsp3) is 0.211. The molecule has 0 bridgehead atoms. The molecule has 2 aromatic rings. The number of imide groups is 1. The minimum atomic E-state index is -1.14. The van der Waals surface area contributed by atoms with Gasteiger partial charge in [0.05, 0.1) is 28.9 Å². The van der Waals surface area contributed by atoms with Gasteiger partial charge in [0.15, 0.2) is 5.78 Å². The number of aryl methyl sites for hydroxylation is 1. The lowest BCUT2D eigenvalue weighted by molar-refractivity contribution is -0.122. The third kappa shape index (κ3) is 2.70. The summed E-state index contributed by atoms with van der Waals surface area (Å²) in [7, 11) is 0. The van der Waals surface area contributed by atoms with Crippen molar-refractivity contribution in [2.45, 2.75) is 25.8 Å². The average molecular weight is 333 g/mol. The Morgan fingerprint density at radius 3 is 2.52 bits per heavy atom. The van der Waals surface area contributed by atoms with Gasteiger partial charge in [-0.1, -0.05) is 17.7 Å². The molecule has 1 aromatic carbocycles. The van der Waals surface area contributed by atoms with E-state index in [9.17, 15) is 19.6 Å². The number of hydrogen-bond donors (Lipinski definition) is 0. The molecule has 6 heteroatoms. The maximum Gasteiger partial charge on any atom is 0.262 e. The van der Waals surface area contributed by atoms with Crippen LogP contribution in [0, 0.1) is 18.3 Å². The monoisotopic (exact) mass is 333 g/mol. The van der Waals surface area contributed by atoms with Gasteiger partial charge >= 0.3 is 0 Å². The molecule has 0 saturated carbocycles. The van der Waals surface area contributed by atoms with Gasteiger partial charge in [-0.25, -0.2) is 0 Å². The van der Waals surface area contributed by atoms with Crippen LogP contribution in [0.5, 0.6) is 0 Å². The topological polar surface area (TPSA) is 91.1 Å². The Bertz CT molecular complexity index is 915. The minimum absolute atomic E-state index is 0.279. The van der Waals surface area contributed by atoms with Crippen molar-refractivity contribution in [2.24, 2.45) is 0 Å². The Kier molecular flexibility index (Phi) is 4.15. The van der Waals surface area contributed by atoms with Crippen molar-refractivity contribution in [2.75, 3.05) is 0 Å². The summed E-state index contributed by atoms with van der Waals surface area (Å²) >= 11 is 0. The number of Topliss-reactive ketones (excluding diaryl/α,β-unsaturated/α-hetero) is 1. The van der Waals surface area contributed by atoms with E-state index >= 15 is 0 Å². The van der Waals surface area contributed by atoms with E-state index in [0.717, 1.165) is 10.5 Å². The predicted molar refractivity (Wildman–Crippen MR) is 88.7 cm³/mol. The summed E-state index contributed by atoms with van der Waals surface area (Å²) in [5, 5.41) is 9.38. The second kappa shape index (κ2) is 6.29. The maximum absolute atomic E-state index is 12.8. The van der Waals surface area contributed by atoms with Crippen molar-refractivity contribution < 1.29 is 14.4 Å². The van der Waals surface area contributed by atoms with E-state index in [1.165, 1.54) is 13.1 Å². The Labute approximate surface area is 144 Å². The molecule has 2 amide bonds. The van der Waals surface area contributed by atoms with E-state index < -0.39 is 29.6 Å².